The Bertz CT molecular complexity index is 875. The van der Waals surface area contributed by atoms with Gasteiger partial charge >= 0.3 is 0 Å². The fourth-order valence-electron chi connectivity index (χ4n) is 2.68. The van der Waals surface area contributed by atoms with Crippen LogP contribution in [0.5, 0.6) is 5.75 Å². The van der Waals surface area contributed by atoms with Crippen molar-refractivity contribution >= 4 is 29.0 Å². The molecule has 0 aromatic heterocycles. The van der Waals surface area contributed by atoms with E-state index in [2.05, 4.69) is 5.32 Å². The topological polar surface area (TPSA) is 75.7 Å². The molecule has 0 saturated heterocycles. The van der Waals surface area contributed by atoms with Crippen LogP contribution < -0.4 is 15.0 Å². The van der Waals surface area contributed by atoms with E-state index in [1.54, 1.807) is 56.4 Å². The minimum absolute atomic E-state index is 0.0695. The van der Waals surface area contributed by atoms with Crippen molar-refractivity contribution < 1.29 is 19.1 Å². The molecule has 0 spiro atoms. The van der Waals surface area contributed by atoms with Crippen molar-refractivity contribution in [1.82, 2.24) is 0 Å². The van der Waals surface area contributed by atoms with Gasteiger partial charge in [0.25, 0.3) is 11.8 Å². The van der Waals surface area contributed by atoms with Crippen LogP contribution >= 0.6 is 0 Å². The van der Waals surface area contributed by atoms with Gasteiger partial charge in [-0.2, -0.15) is 0 Å². The summed E-state index contributed by atoms with van der Waals surface area (Å²) in [5, 5.41) is 2.76. The number of nitrogens with one attached hydrogen (secondary N) is 1. The number of hydrogen-bond acceptors (Lipinski definition) is 4. The monoisotopic (exact) mass is 338 g/mol. The van der Waals surface area contributed by atoms with E-state index in [9.17, 15) is 14.4 Å². The van der Waals surface area contributed by atoms with E-state index in [1.807, 2.05) is 0 Å². The predicted octanol–water partition coefficient (Wildman–Crippen LogP) is 2.89. The molecule has 0 radical (unpaired) electrons. The summed E-state index contributed by atoms with van der Waals surface area (Å²) in [6.07, 6.45) is -0.594. The first-order chi connectivity index (χ1) is 11.9. The fourth-order valence-corrected chi connectivity index (χ4v) is 2.68. The summed E-state index contributed by atoms with van der Waals surface area (Å²) in [6.45, 7) is 3.14. The number of carbonyl (C=O) groups is 3. The number of amides is 2. The Morgan fingerprint density at radius 3 is 2.60 bits per heavy atom. The maximum atomic E-state index is 12.5. The zero-order valence-corrected chi connectivity index (χ0v) is 14.2. The highest BCUT2D eigenvalue weighted by Gasteiger charge is 2.29. The number of anilines is 2. The summed E-state index contributed by atoms with van der Waals surface area (Å²) in [4.78, 5) is 37.4. The Balaban J connectivity index is 1.84. The minimum atomic E-state index is -0.594. The number of benzene rings is 2. The number of rotatable bonds is 3. The van der Waals surface area contributed by atoms with Crippen molar-refractivity contribution in [3.8, 4) is 5.75 Å². The van der Waals surface area contributed by atoms with Crippen LogP contribution in [0.2, 0.25) is 0 Å². The number of ketones is 1. The van der Waals surface area contributed by atoms with Gasteiger partial charge in [0.2, 0.25) is 0 Å². The Labute approximate surface area is 145 Å². The maximum Gasteiger partial charge on any atom is 0.267 e. The first-order valence-electron chi connectivity index (χ1n) is 7.87. The second-order valence-corrected chi connectivity index (χ2v) is 5.93. The number of Topliss-reactive ketones (excluding diaryl/α,β-unsaturated/α-hetero) is 1. The number of hydrogen-bond donors (Lipinski definition) is 1. The van der Waals surface area contributed by atoms with E-state index in [4.69, 9.17) is 4.74 Å². The lowest BCUT2D eigenvalue weighted by Gasteiger charge is -2.30. The molecule has 2 amide bonds. The Kier molecular flexibility index (Phi) is 4.27. The molecule has 6 nitrogen and oxygen atoms in total. The third kappa shape index (κ3) is 3.24. The van der Waals surface area contributed by atoms with Crippen molar-refractivity contribution in [2.45, 2.75) is 20.0 Å². The van der Waals surface area contributed by atoms with Gasteiger partial charge in [-0.3, -0.25) is 14.4 Å². The Morgan fingerprint density at radius 2 is 1.88 bits per heavy atom. The van der Waals surface area contributed by atoms with Crippen molar-refractivity contribution in [2.24, 2.45) is 0 Å². The number of nitrogens with zero attached hydrogens (tertiary/aromatic N) is 1. The first kappa shape index (κ1) is 16.7. The number of carbonyl (C=O) groups excluding carboxylic acids is 3. The van der Waals surface area contributed by atoms with E-state index in [0.717, 1.165) is 0 Å². The van der Waals surface area contributed by atoms with Gasteiger partial charge < -0.3 is 15.0 Å². The SMILES string of the molecule is CC(=O)c1cccc(NC(=O)c2ccc3c(c2)OC(C)C(=O)N3C)c1. The third-order valence-corrected chi connectivity index (χ3v) is 4.09. The molecule has 1 atom stereocenters. The van der Waals surface area contributed by atoms with E-state index >= 15 is 0 Å². The van der Waals surface area contributed by atoms with Crippen molar-refractivity contribution in [3.63, 3.8) is 0 Å². The zero-order valence-electron chi connectivity index (χ0n) is 14.2. The highest BCUT2D eigenvalue weighted by molar-refractivity contribution is 6.06. The Morgan fingerprint density at radius 1 is 1.12 bits per heavy atom. The summed E-state index contributed by atoms with van der Waals surface area (Å²) >= 11 is 0. The second-order valence-electron chi connectivity index (χ2n) is 5.93. The molecule has 3 rings (SSSR count). The molecule has 2 aromatic carbocycles. The number of ether oxygens (including phenoxy) is 1. The van der Waals surface area contributed by atoms with Crippen LogP contribution in [0.15, 0.2) is 42.5 Å². The van der Waals surface area contributed by atoms with Gasteiger partial charge in [0.05, 0.1) is 5.69 Å². The van der Waals surface area contributed by atoms with Gasteiger partial charge in [0.15, 0.2) is 11.9 Å². The molecule has 0 aliphatic carbocycles. The average molecular weight is 338 g/mol. The lowest BCUT2D eigenvalue weighted by molar-refractivity contribution is -0.125. The molecule has 0 saturated carbocycles. The van der Waals surface area contributed by atoms with Crippen molar-refractivity contribution in [3.05, 3.63) is 53.6 Å². The molecular weight excluding hydrogens is 320 g/mol. The highest BCUT2D eigenvalue weighted by Crippen LogP contribution is 2.34. The van der Waals surface area contributed by atoms with E-state index in [0.29, 0.717) is 28.3 Å². The van der Waals surface area contributed by atoms with Crippen molar-refractivity contribution in [1.29, 1.82) is 0 Å². The quantitative estimate of drug-likeness (QED) is 0.873. The van der Waals surface area contributed by atoms with Crippen LogP contribution in [0.4, 0.5) is 11.4 Å². The molecule has 0 bridgehead atoms. The lowest BCUT2D eigenvalue weighted by Crippen LogP contribution is -2.42. The van der Waals surface area contributed by atoms with E-state index < -0.39 is 6.10 Å². The molecular formula is C19H18N2O4. The third-order valence-electron chi connectivity index (χ3n) is 4.09. The minimum Gasteiger partial charge on any atom is -0.479 e. The standard InChI is InChI=1S/C19H18N2O4/c1-11(22)13-5-4-6-15(9-13)20-18(23)14-7-8-16-17(10-14)25-12(2)19(24)21(16)3/h4-10,12H,1-3H3,(H,20,23). The molecule has 25 heavy (non-hydrogen) atoms. The molecule has 0 fully saturated rings. The van der Waals surface area contributed by atoms with Gasteiger partial charge in [-0.15, -0.1) is 0 Å². The normalized spacial score (nSPS) is 16.0. The van der Waals surface area contributed by atoms with Gasteiger partial charge in [-0.05, 0) is 44.2 Å². The molecule has 2 aromatic rings. The van der Waals surface area contributed by atoms with E-state index in [-0.39, 0.29) is 17.6 Å². The van der Waals surface area contributed by atoms with Crippen LogP contribution in [0.1, 0.15) is 34.6 Å². The van der Waals surface area contributed by atoms with Gasteiger partial charge in [-0.1, -0.05) is 12.1 Å². The number of likely N-dealkylation sites (N-methyl/N-ethyl adjacent to an activating group) is 1. The summed E-state index contributed by atoms with van der Waals surface area (Å²) < 4.78 is 5.59. The molecule has 128 valence electrons. The van der Waals surface area contributed by atoms with Crippen LogP contribution in [-0.4, -0.2) is 30.7 Å². The van der Waals surface area contributed by atoms with Crippen molar-refractivity contribution in [2.75, 3.05) is 17.3 Å². The van der Waals surface area contributed by atoms with Crippen LogP contribution in [0.3, 0.4) is 0 Å². The lowest BCUT2D eigenvalue weighted by atomic mass is 10.1. The van der Waals surface area contributed by atoms with Crippen LogP contribution in [-0.2, 0) is 4.79 Å². The molecule has 6 heteroatoms. The smallest absolute Gasteiger partial charge is 0.267 e. The molecule has 1 aliphatic heterocycles. The van der Waals surface area contributed by atoms with Gasteiger partial charge in [0, 0.05) is 23.9 Å². The van der Waals surface area contributed by atoms with Gasteiger partial charge in [0.1, 0.15) is 5.75 Å². The number of fused-ring (bicyclic) bond motifs is 1. The van der Waals surface area contributed by atoms with Gasteiger partial charge in [-0.25, -0.2) is 0 Å². The first-order valence-corrected chi connectivity index (χ1v) is 7.87. The summed E-state index contributed by atoms with van der Waals surface area (Å²) in [6, 6.07) is 11.7. The van der Waals surface area contributed by atoms with Crippen LogP contribution in [0.25, 0.3) is 0 Å². The summed E-state index contributed by atoms with van der Waals surface area (Å²) in [7, 11) is 1.67. The predicted molar refractivity (Wildman–Crippen MR) is 94.3 cm³/mol. The average Bonchev–Trinajstić information content (AvgIpc) is 2.59. The molecule has 1 heterocycles. The second kappa shape index (κ2) is 6.39. The zero-order chi connectivity index (χ0) is 18.1. The molecule has 1 aliphatic rings. The largest absolute Gasteiger partial charge is 0.479 e. The highest BCUT2D eigenvalue weighted by atomic mass is 16.5. The van der Waals surface area contributed by atoms with E-state index in [1.165, 1.54) is 11.8 Å². The molecule has 1 unspecified atom stereocenters. The maximum absolute atomic E-state index is 12.5. The molecule has 1 N–H and O–H groups in total. The summed E-state index contributed by atoms with van der Waals surface area (Å²) in [5.74, 6) is -0.0373. The summed E-state index contributed by atoms with van der Waals surface area (Å²) in [5.41, 5.74) is 2.10. The fraction of sp³-hybridized carbons (Fsp3) is 0.211. The van der Waals surface area contributed by atoms with Crippen LogP contribution in [0, 0.1) is 0 Å². The Hall–Kier alpha value is -3.15.